The minimum absolute atomic E-state index is 0.0335. The molecule has 0 spiro atoms. The molecule has 34 heavy (non-hydrogen) atoms. The molecule has 0 unspecified atom stereocenters. The largest absolute Gasteiger partial charge is 0.508 e. The van der Waals surface area contributed by atoms with Crippen LogP contribution in [0.4, 0.5) is 0 Å². The van der Waals surface area contributed by atoms with Gasteiger partial charge in [-0.15, -0.1) is 0 Å². The highest BCUT2D eigenvalue weighted by molar-refractivity contribution is 8.76. The number of aromatic hydroxyl groups is 2. The Morgan fingerprint density at radius 2 is 1.82 bits per heavy atom. The average molecular weight is 499 g/mol. The summed E-state index contributed by atoms with van der Waals surface area (Å²) in [5.74, 6) is 2.33. The number of carbonyl (C=O) groups is 1. The Morgan fingerprint density at radius 3 is 2.65 bits per heavy atom. The Balaban J connectivity index is 1.87. The van der Waals surface area contributed by atoms with Crippen molar-refractivity contribution in [1.29, 1.82) is 0 Å². The SMILES string of the molecule is COc1c(O)ccc2c1-c1ccc3ccc(O)cc3c1CSSCCCC[C@@H](O)CC(=O)CC2. The maximum absolute atomic E-state index is 12.6. The number of fused-ring (bicyclic) bond motifs is 5. The molecular weight excluding hydrogens is 468 g/mol. The first-order valence-electron chi connectivity index (χ1n) is 11.6. The number of aliphatic hydroxyl groups is 1. The van der Waals surface area contributed by atoms with Crippen LogP contribution in [0.2, 0.25) is 0 Å². The number of aryl methyl sites for hydroxylation is 1. The van der Waals surface area contributed by atoms with Gasteiger partial charge < -0.3 is 20.1 Å². The molecule has 1 aliphatic rings. The predicted octanol–water partition coefficient (Wildman–Crippen LogP) is 6.24. The van der Waals surface area contributed by atoms with E-state index in [1.54, 1.807) is 39.8 Å². The summed E-state index contributed by atoms with van der Waals surface area (Å²) in [6.07, 6.45) is 2.90. The molecule has 0 saturated heterocycles. The number of phenolic OH excluding ortho intramolecular Hbond substituents is 2. The van der Waals surface area contributed by atoms with Gasteiger partial charge in [0, 0.05) is 29.9 Å². The second kappa shape index (κ2) is 11.4. The second-order valence-corrected chi connectivity index (χ2v) is 11.2. The van der Waals surface area contributed by atoms with Gasteiger partial charge in [0.05, 0.1) is 13.2 Å². The summed E-state index contributed by atoms with van der Waals surface area (Å²) in [5, 5.41) is 33.1. The van der Waals surface area contributed by atoms with E-state index in [9.17, 15) is 20.1 Å². The topological polar surface area (TPSA) is 87.0 Å². The molecule has 4 rings (SSSR count). The fourth-order valence-corrected chi connectivity index (χ4v) is 6.79. The van der Waals surface area contributed by atoms with Gasteiger partial charge in [-0.25, -0.2) is 0 Å². The number of aliphatic hydroxyl groups excluding tert-OH is 1. The molecule has 1 aliphatic heterocycles. The number of methoxy groups -OCH3 is 1. The molecule has 180 valence electrons. The zero-order valence-electron chi connectivity index (χ0n) is 19.3. The quantitative estimate of drug-likeness (QED) is 0.342. The number of ether oxygens (including phenoxy) is 1. The van der Waals surface area contributed by atoms with Crippen molar-refractivity contribution in [2.75, 3.05) is 12.9 Å². The average Bonchev–Trinajstić information content (AvgIpc) is 2.81. The zero-order valence-corrected chi connectivity index (χ0v) is 20.9. The fourth-order valence-electron chi connectivity index (χ4n) is 4.52. The van der Waals surface area contributed by atoms with Crippen molar-refractivity contribution in [3.63, 3.8) is 0 Å². The van der Waals surface area contributed by atoms with Crippen LogP contribution in [0.5, 0.6) is 17.2 Å². The van der Waals surface area contributed by atoms with E-state index in [1.807, 2.05) is 24.3 Å². The van der Waals surface area contributed by atoms with Crippen LogP contribution >= 0.6 is 21.6 Å². The third-order valence-electron chi connectivity index (χ3n) is 6.25. The summed E-state index contributed by atoms with van der Waals surface area (Å²) < 4.78 is 5.65. The van der Waals surface area contributed by atoms with E-state index in [0.717, 1.165) is 51.6 Å². The molecule has 0 aromatic heterocycles. The number of hydrogen-bond donors (Lipinski definition) is 3. The van der Waals surface area contributed by atoms with E-state index in [4.69, 9.17) is 4.74 Å². The van der Waals surface area contributed by atoms with E-state index in [0.29, 0.717) is 30.8 Å². The highest BCUT2D eigenvalue weighted by atomic mass is 33.1. The normalized spacial score (nSPS) is 18.3. The van der Waals surface area contributed by atoms with Crippen LogP contribution < -0.4 is 4.74 Å². The fraction of sp³-hybridized carbons (Fsp3) is 0.370. The number of ketones is 1. The van der Waals surface area contributed by atoms with Crippen LogP contribution in [-0.4, -0.2) is 40.1 Å². The molecule has 0 aliphatic carbocycles. The number of hydrogen-bond acceptors (Lipinski definition) is 7. The molecule has 3 aromatic carbocycles. The van der Waals surface area contributed by atoms with Crippen LogP contribution in [0.3, 0.4) is 0 Å². The molecular formula is C27H30O5S2. The van der Waals surface area contributed by atoms with E-state index >= 15 is 0 Å². The Bertz CT molecular complexity index is 1180. The van der Waals surface area contributed by atoms with Gasteiger partial charge in [-0.3, -0.25) is 4.79 Å². The summed E-state index contributed by atoms with van der Waals surface area (Å²) in [7, 11) is 5.08. The van der Waals surface area contributed by atoms with Crippen molar-refractivity contribution < 1.29 is 24.9 Å². The molecule has 1 heterocycles. The predicted molar refractivity (Wildman–Crippen MR) is 141 cm³/mol. The molecule has 0 fully saturated rings. The van der Waals surface area contributed by atoms with Crippen molar-refractivity contribution in [1.82, 2.24) is 0 Å². The van der Waals surface area contributed by atoms with Gasteiger partial charge in [0.25, 0.3) is 0 Å². The standard InChI is InChI=1S/C27H30O5S2/c1-32-27-25(31)12-8-18-6-10-20(29)14-19(28)4-2-3-13-33-34-16-24-22(26(18)27)11-7-17-5-9-21(30)15-23(17)24/h5,7-9,11-12,15,19,28,30-31H,2-4,6,10,13-14,16H2,1H3/t19-/m1/s1. The van der Waals surface area contributed by atoms with E-state index in [-0.39, 0.29) is 23.7 Å². The maximum atomic E-state index is 12.6. The lowest BCUT2D eigenvalue weighted by Gasteiger charge is -2.20. The molecule has 3 N–H and O–H groups in total. The number of rotatable bonds is 1. The van der Waals surface area contributed by atoms with E-state index in [2.05, 4.69) is 0 Å². The Hall–Kier alpha value is -2.35. The number of carbonyl (C=O) groups excluding carboxylic acids is 1. The van der Waals surface area contributed by atoms with Crippen molar-refractivity contribution in [3.05, 3.63) is 53.6 Å². The van der Waals surface area contributed by atoms with Gasteiger partial charge in [0.2, 0.25) is 0 Å². The van der Waals surface area contributed by atoms with Crippen molar-refractivity contribution in [3.8, 4) is 28.4 Å². The van der Waals surface area contributed by atoms with Crippen molar-refractivity contribution >= 4 is 38.1 Å². The highest BCUT2D eigenvalue weighted by Gasteiger charge is 2.21. The minimum Gasteiger partial charge on any atom is -0.508 e. The lowest BCUT2D eigenvalue weighted by Crippen LogP contribution is -2.14. The van der Waals surface area contributed by atoms with Crippen molar-refractivity contribution in [2.24, 2.45) is 0 Å². The summed E-state index contributed by atoms with van der Waals surface area (Å²) in [6.45, 7) is 0. The number of phenols is 2. The van der Waals surface area contributed by atoms with Gasteiger partial charge >= 0.3 is 0 Å². The van der Waals surface area contributed by atoms with Crippen molar-refractivity contribution in [2.45, 2.75) is 50.4 Å². The molecule has 5 nitrogen and oxygen atoms in total. The van der Waals surface area contributed by atoms with Gasteiger partial charge in [-0.05, 0) is 64.9 Å². The number of Topliss-reactive ketones (excluding diaryl/α,β-unsaturated/α-hetero) is 1. The van der Waals surface area contributed by atoms with Crippen LogP contribution in [0, 0.1) is 0 Å². The molecule has 0 saturated carbocycles. The first kappa shape index (κ1) is 24.8. The summed E-state index contributed by atoms with van der Waals surface area (Å²) in [4.78, 5) is 12.6. The van der Waals surface area contributed by atoms with E-state index < -0.39 is 6.10 Å². The zero-order chi connectivity index (χ0) is 24.1. The van der Waals surface area contributed by atoms with Crippen LogP contribution in [0.1, 0.15) is 43.2 Å². The molecule has 0 amide bonds. The van der Waals surface area contributed by atoms with Gasteiger partial charge in [0.1, 0.15) is 11.5 Å². The smallest absolute Gasteiger partial charge is 0.168 e. The summed E-state index contributed by atoms with van der Waals surface area (Å²) in [5.41, 5.74) is 3.66. The summed E-state index contributed by atoms with van der Waals surface area (Å²) in [6, 6.07) is 12.9. The maximum Gasteiger partial charge on any atom is 0.168 e. The Morgan fingerprint density at radius 1 is 1.00 bits per heavy atom. The second-order valence-electron chi connectivity index (χ2n) is 8.63. The first-order chi connectivity index (χ1) is 16.5. The van der Waals surface area contributed by atoms with Crippen LogP contribution in [0.15, 0.2) is 42.5 Å². The van der Waals surface area contributed by atoms with Crippen LogP contribution in [-0.2, 0) is 17.0 Å². The molecule has 0 radical (unpaired) electrons. The molecule has 3 aromatic rings. The van der Waals surface area contributed by atoms with Gasteiger partial charge in [0.15, 0.2) is 11.5 Å². The van der Waals surface area contributed by atoms with Gasteiger partial charge in [-0.1, -0.05) is 52.3 Å². The minimum atomic E-state index is -0.591. The summed E-state index contributed by atoms with van der Waals surface area (Å²) >= 11 is 0. The lowest BCUT2D eigenvalue weighted by molar-refractivity contribution is -0.121. The Kier molecular flexibility index (Phi) is 8.29. The van der Waals surface area contributed by atoms with Gasteiger partial charge in [-0.2, -0.15) is 0 Å². The van der Waals surface area contributed by atoms with E-state index in [1.165, 1.54) is 7.11 Å². The highest BCUT2D eigenvalue weighted by Crippen LogP contribution is 2.45. The number of benzene rings is 3. The molecule has 1 atom stereocenters. The Labute approximate surface area is 207 Å². The monoisotopic (exact) mass is 498 g/mol. The third-order valence-corrected chi connectivity index (χ3v) is 8.63. The molecule has 0 bridgehead atoms. The van der Waals surface area contributed by atoms with Crippen LogP contribution in [0.25, 0.3) is 21.9 Å². The lowest BCUT2D eigenvalue weighted by atomic mass is 9.89. The third kappa shape index (κ3) is 5.65. The first-order valence-corrected chi connectivity index (χ1v) is 14.0. The molecule has 7 heteroatoms.